The molecule has 0 heterocycles. The summed E-state index contributed by atoms with van der Waals surface area (Å²) in [5, 5.41) is -2.89. The van der Waals surface area contributed by atoms with E-state index in [0.717, 1.165) is 0 Å². The molecule has 180 valence electrons. The highest BCUT2D eigenvalue weighted by Gasteiger charge is 2.66. The Morgan fingerprint density at radius 1 is 1.00 bits per heavy atom. The van der Waals surface area contributed by atoms with Gasteiger partial charge in [0.2, 0.25) is 5.83 Å². The number of hydrogen-bond acceptors (Lipinski definition) is 5. The van der Waals surface area contributed by atoms with Crippen molar-refractivity contribution in [2.75, 3.05) is 11.9 Å². The maximum absolute atomic E-state index is 13.8. The molecule has 0 spiro atoms. The number of carbonyl (C=O) groups is 2. The fraction of sp³-hybridized carbons (Fsp3) is 0.444. The molecule has 1 unspecified atom stereocenters. The van der Waals surface area contributed by atoms with Gasteiger partial charge in [-0.15, -0.1) is 0 Å². The van der Waals surface area contributed by atoms with Crippen molar-refractivity contribution in [2.45, 2.75) is 42.4 Å². The molecule has 1 amide bonds. The topological polar surface area (TPSA) is 64.6 Å². The highest BCUT2D eigenvalue weighted by Crippen LogP contribution is 2.41. The predicted molar refractivity (Wildman–Crippen MR) is 98.9 cm³/mol. The van der Waals surface area contributed by atoms with E-state index in [4.69, 9.17) is 0 Å². The van der Waals surface area contributed by atoms with Crippen LogP contribution in [-0.2, 0) is 19.1 Å². The van der Waals surface area contributed by atoms with Gasteiger partial charge < -0.3 is 14.8 Å². The van der Waals surface area contributed by atoms with Crippen molar-refractivity contribution in [3.05, 3.63) is 42.7 Å². The molecule has 32 heavy (non-hydrogen) atoms. The number of para-hydroxylation sites is 1. The second kappa shape index (κ2) is 10.5. The van der Waals surface area contributed by atoms with Crippen LogP contribution in [0.1, 0.15) is 19.3 Å². The van der Waals surface area contributed by atoms with Gasteiger partial charge >= 0.3 is 35.0 Å². The number of anilines is 1. The molecule has 5 nitrogen and oxygen atoms in total. The van der Waals surface area contributed by atoms with Crippen LogP contribution >= 0.6 is 12.6 Å². The number of amides is 1. The number of ether oxygens (including phenoxy) is 2. The summed E-state index contributed by atoms with van der Waals surface area (Å²) in [5.74, 6) is -15.3. The summed E-state index contributed by atoms with van der Waals surface area (Å²) in [6.45, 7) is 1.32. The summed E-state index contributed by atoms with van der Waals surface area (Å²) in [6.07, 6.45) is -8.70. The van der Waals surface area contributed by atoms with Crippen LogP contribution in [0.25, 0.3) is 0 Å². The van der Waals surface area contributed by atoms with Gasteiger partial charge in [-0.25, -0.2) is 4.79 Å². The smallest absolute Gasteiger partial charge is 0.410 e. The summed E-state index contributed by atoms with van der Waals surface area (Å²) in [4.78, 5) is 23.8. The van der Waals surface area contributed by atoms with Crippen molar-refractivity contribution in [2.24, 2.45) is 0 Å². The minimum absolute atomic E-state index is 0.180. The number of nitrogens with one attached hydrogen (secondary N) is 1. The molecule has 0 radical (unpaired) electrons. The lowest BCUT2D eigenvalue weighted by atomic mass is 10.1. The van der Waals surface area contributed by atoms with Gasteiger partial charge in [-0.1, -0.05) is 37.4 Å². The number of esters is 1. The lowest BCUT2D eigenvalue weighted by Crippen LogP contribution is -2.59. The first-order chi connectivity index (χ1) is 14.5. The Morgan fingerprint density at radius 2 is 1.56 bits per heavy atom. The van der Waals surface area contributed by atoms with E-state index in [1.54, 1.807) is 5.32 Å². The Hall–Kier alpha value is -2.35. The molecular weight excluding hydrogens is 478 g/mol. The third-order valence-electron chi connectivity index (χ3n) is 3.79. The van der Waals surface area contributed by atoms with Crippen LogP contribution in [0.4, 0.5) is 40.8 Å². The molecule has 0 saturated heterocycles. The summed E-state index contributed by atoms with van der Waals surface area (Å²) >= 11 is 2.46. The molecule has 1 aromatic rings. The monoisotopic (exact) mass is 495 g/mol. The van der Waals surface area contributed by atoms with Crippen molar-refractivity contribution in [3.8, 4) is 0 Å². The lowest BCUT2D eigenvalue weighted by Gasteiger charge is -2.33. The Labute approximate surface area is 182 Å². The SMILES string of the molecule is C=C(F)C(=O)OC(OCCCCC(F)(F)C(F)(F)S)(C(=O)Nc1ccccc1)C(F)(F)F. The van der Waals surface area contributed by atoms with Gasteiger partial charge in [0.05, 0.1) is 6.61 Å². The zero-order valence-electron chi connectivity index (χ0n) is 16.0. The van der Waals surface area contributed by atoms with Gasteiger partial charge in [0.1, 0.15) is 0 Å². The van der Waals surface area contributed by atoms with Gasteiger partial charge in [0, 0.05) is 12.1 Å². The number of hydrogen-bond donors (Lipinski definition) is 2. The number of carbonyl (C=O) groups excluding carboxylic acids is 2. The van der Waals surface area contributed by atoms with Gasteiger partial charge in [-0.05, 0) is 25.0 Å². The lowest BCUT2D eigenvalue weighted by molar-refractivity contribution is -0.345. The minimum Gasteiger partial charge on any atom is -0.410 e. The number of thiol groups is 1. The standard InChI is InChI=1S/C18H17F8NO4S/c1-11(19)13(28)31-16(17(22,23)24,14(29)27-12-7-3-2-4-8-12)30-10-6-5-9-15(20,21)18(25,26)32/h2-4,7-8,32H,1,5-6,9-10H2,(H,27,29). The van der Waals surface area contributed by atoms with Crippen molar-refractivity contribution in [3.63, 3.8) is 0 Å². The normalized spacial score (nSPS) is 14.4. The number of alkyl halides is 7. The first kappa shape index (κ1) is 27.7. The van der Waals surface area contributed by atoms with Crippen molar-refractivity contribution < 1.29 is 54.2 Å². The van der Waals surface area contributed by atoms with E-state index >= 15 is 0 Å². The molecule has 1 rings (SSSR count). The fourth-order valence-corrected chi connectivity index (χ4v) is 2.26. The molecule has 1 aromatic carbocycles. The molecule has 1 atom stereocenters. The fourth-order valence-electron chi connectivity index (χ4n) is 2.15. The second-order valence-electron chi connectivity index (χ2n) is 6.28. The van der Waals surface area contributed by atoms with Crippen LogP contribution in [0.15, 0.2) is 42.7 Å². The first-order valence-electron chi connectivity index (χ1n) is 8.66. The molecule has 0 bridgehead atoms. The molecular formula is C18H17F8NO4S. The zero-order valence-corrected chi connectivity index (χ0v) is 16.9. The van der Waals surface area contributed by atoms with Crippen molar-refractivity contribution >= 4 is 30.2 Å². The average molecular weight is 495 g/mol. The Bertz CT molecular complexity index is 813. The Morgan fingerprint density at radius 3 is 2.03 bits per heavy atom. The summed E-state index contributed by atoms with van der Waals surface area (Å²) in [7, 11) is 0. The first-order valence-corrected chi connectivity index (χ1v) is 9.11. The maximum Gasteiger partial charge on any atom is 0.466 e. The molecule has 0 aromatic heterocycles. The number of benzene rings is 1. The molecule has 1 N–H and O–H groups in total. The van der Waals surface area contributed by atoms with Crippen molar-refractivity contribution in [1.82, 2.24) is 0 Å². The van der Waals surface area contributed by atoms with Gasteiger partial charge in [-0.2, -0.15) is 35.1 Å². The zero-order chi connectivity index (χ0) is 24.8. The van der Waals surface area contributed by atoms with E-state index in [1.165, 1.54) is 30.3 Å². The van der Waals surface area contributed by atoms with Gasteiger partial charge in [-0.3, -0.25) is 4.79 Å². The molecule has 0 fully saturated rings. The van der Waals surface area contributed by atoms with Crippen LogP contribution in [0.2, 0.25) is 0 Å². The van der Waals surface area contributed by atoms with E-state index in [0.29, 0.717) is 0 Å². The third-order valence-corrected chi connectivity index (χ3v) is 4.12. The van der Waals surface area contributed by atoms with E-state index < -0.39 is 66.7 Å². The Balaban J connectivity index is 3.06. The molecule has 14 heteroatoms. The molecule has 0 aliphatic carbocycles. The van der Waals surface area contributed by atoms with Crippen molar-refractivity contribution in [1.29, 1.82) is 0 Å². The summed E-state index contributed by atoms with van der Waals surface area (Å²) < 4.78 is 114. The largest absolute Gasteiger partial charge is 0.466 e. The van der Waals surface area contributed by atoms with E-state index in [-0.39, 0.29) is 5.69 Å². The predicted octanol–water partition coefficient (Wildman–Crippen LogP) is 5.25. The Kier molecular flexibility index (Phi) is 9.09. The highest BCUT2D eigenvalue weighted by atomic mass is 32.1. The quantitative estimate of drug-likeness (QED) is 0.110. The van der Waals surface area contributed by atoms with Gasteiger partial charge in [0.15, 0.2) is 0 Å². The van der Waals surface area contributed by atoms with Crippen LogP contribution < -0.4 is 5.32 Å². The average Bonchev–Trinajstić information content (AvgIpc) is 2.65. The number of rotatable bonds is 11. The van der Waals surface area contributed by atoms with Gasteiger partial charge in [0.25, 0.3) is 0 Å². The van der Waals surface area contributed by atoms with E-state index in [2.05, 4.69) is 28.7 Å². The summed E-state index contributed by atoms with van der Waals surface area (Å²) in [5.41, 5.74) is -0.180. The van der Waals surface area contributed by atoms with Crippen LogP contribution in [-0.4, -0.2) is 41.6 Å². The van der Waals surface area contributed by atoms with Crippen LogP contribution in [0.3, 0.4) is 0 Å². The molecule has 0 aliphatic heterocycles. The van der Waals surface area contributed by atoms with E-state index in [9.17, 15) is 44.7 Å². The van der Waals surface area contributed by atoms with Crippen LogP contribution in [0, 0.1) is 0 Å². The number of unbranched alkanes of at least 4 members (excludes halogenated alkanes) is 1. The molecule has 0 aliphatic rings. The summed E-state index contributed by atoms with van der Waals surface area (Å²) in [6, 6.07) is 6.51. The third kappa shape index (κ3) is 7.08. The molecule has 0 saturated carbocycles. The highest BCUT2D eigenvalue weighted by molar-refractivity contribution is 7.81. The second-order valence-corrected chi connectivity index (χ2v) is 6.84. The minimum atomic E-state index is -5.76. The number of halogens is 8. The van der Waals surface area contributed by atoms with Crippen LogP contribution in [0.5, 0.6) is 0 Å². The van der Waals surface area contributed by atoms with E-state index in [1.807, 2.05) is 0 Å². The maximum atomic E-state index is 13.8.